The lowest BCUT2D eigenvalue weighted by Crippen LogP contribution is -2.33. The number of nitrogens with one attached hydrogen (secondary N) is 2. The van der Waals surface area contributed by atoms with Crippen LogP contribution in [0.5, 0.6) is 0 Å². The van der Waals surface area contributed by atoms with Crippen LogP contribution in [0.25, 0.3) is 0 Å². The molecule has 2 heteroatoms. The van der Waals surface area contributed by atoms with Crippen molar-refractivity contribution in [2.24, 2.45) is 11.8 Å². The first kappa shape index (κ1) is 17.8. The first-order chi connectivity index (χ1) is 8.75. The molecule has 1 atom stereocenters. The highest BCUT2D eigenvalue weighted by Crippen LogP contribution is 2.18. The Balaban J connectivity index is 4.38. The summed E-state index contributed by atoms with van der Waals surface area (Å²) in [6, 6.07) is 0.321. The van der Waals surface area contributed by atoms with Crippen molar-refractivity contribution in [1.82, 2.24) is 10.6 Å². The second kappa shape index (κ2) is 8.84. The van der Waals surface area contributed by atoms with Crippen LogP contribution in [0.1, 0.15) is 47.5 Å². The molecule has 0 aliphatic rings. The van der Waals surface area contributed by atoms with E-state index >= 15 is 0 Å². The highest BCUT2D eigenvalue weighted by Gasteiger charge is 2.16. The Bertz CT molecular complexity index is 313. The Morgan fingerprint density at radius 1 is 1.00 bits per heavy atom. The molecule has 0 amide bonds. The average Bonchev–Trinajstić information content (AvgIpc) is 2.31. The maximum absolute atomic E-state index is 4.24. The fourth-order valence-corrected chi connectivity index (χ4v) is 1.75. The summed E-state index contributed by atoms with van der Waals surface area (Å²) in [5.41, 5.74) is 3.38. The lowest BCUT2D eigenvalue weighted by atomic mass is 9.93. The van der Waals surface area contributed by atoms with Crippen LogP contribution in [0.2, 0.25) is 0 Å². The van der Waals surface area contributed by atoms with Gasteiger partial charge < -0.3 is 10.6 Å². The van der Waals surface area contributed by atoms with Crippen molar-refractivity contribution in [2.45, 2.75) is 53.5 Å². The molecule has 2 N–H and O–H groups in total. The highest BCUT2D eigenvalue weighted by molar-refractivity contribution is 5.12. The minimum absolute atomic E-state index is 0.321. The summed E-state index contributed by atoms with van der Waals surface area (Å²) in [5.74, 6) is 0.947. The second-order valence-electron chi connectivity index (χ2n) is 5.96. The quantitative estimate of drug-likeness (QED) is 0.456. The van der Waals surface area contributed by atoms with Crippen LogP contribution in [0.3, 0.4) is 0 Å². The van der Waals surface area contributed by atoms with Crippen molar-refractivity contribution in [1.29, 1.82) is 0 Å². The van der Waals surface area contributed by atoms with Gasteiger partial charge >= 0.3 is 0 Å². The van der Waals surface area contributed by atoms with E-state index in [0.717, 1.165) is 30.8 Å². The number of hydrogen-bond donors (Lipinski definition) is 2. The van der Waals surface area contributed by atoms with Crippen LogP contribution in [0, 0.1) is 11.8 Å². The second-order valence-corrected chi connectivity index (χ2v) is 5.96. The summed E-state index contributed by atoms with van der Waals surface area (Å²) in [4.78, 5) is 0. The molecule has 0 aromatic rings. The third-order valence-corrected chi connectivity index (χ3v) is 3.34. The average molecular weight is 264 g/mol. The van der Waals surface area contributed by atoms with Crippen LogP contribution in [0.4, 0.5) is 0 Å². The van der Waals surface area contributed by atoms with Crippen molar-refractivity contribution in [3.63, 3.8) is 0 Å². The normalized spacial score (nSPS) is 12.4. The van der Waals surface area contributed by atoms with Crippen LogP contribution < -0.4 is 10.6 Å². The maximum atomic E-state index is 4.24. The van der Waals surface area contributed by atoms with Crippen LogP contribution in [0.15, 0.2) is 36.7 Å². The van der Waals surface area contributed by atoms with Gasteiger partial charge in [-0.05, 0) is 31.6 Å². The molecule has 0 heterocycles. The summed E-state index contributed by atoms with van der Waals surface area (Å²) in [7, 11) is 0. The van der Waals surface area contributed by atoms with E-state index in [1.54, 1.807) is 0 Å². The molecule has 0 saturated carbocycles. The number of hydrogen-bond acceptors (Lipinski definition) is 2. The SMILES string of the molecule is C=C(C)NCCCC(NC(=C)C(C)C)C(=C)C(C)C. The molecular weight excluding hydrogens is 232 g/mol. The smallest absolute Gasteiger partial charge is 0.0471 e. The number of rotatable bonds is 10. The van der Waals surface area contributed by atoms with Gasteiger partial charge in [0.2, 0.25) is 0 Å². The Kier molecular flexibility index (Phi) is 8.29. The summed E-state index contributed by atoms with van der Waals surface area (Å²) in [6.07, 6.45) is 2.17. The predicted molar refractivity (Wildman–Crippen MR) is 86.9 cm³/mol. The van der Waals surface area contributed by atoms with E-state index in [1.165, 1.54) is 5.57 Å². The van der Waals surface area contributed by atoms with E-state index < -0.39 is 0 Å². The third-order valence-electron chi connectivity index (χ3n) is 3.34. The van der Waals surface area contributed by atoms with Crippen LogP contribution >= 0.6 is 0 Å². The van der Waals surface area contributed by atoms with Crippen molar-refractivity contribution in [2.75, 3.05) is 6.54 Å². The topological polar surface area (TPSA) is 24.1 Å². The minimum Gasteiger partial charge on any atom is -0.389 e. The van der Waals surface area contributed by atoms with E-state index in [0.29, 0.717) is 17.9 Å². The lowest BCUT2D eigenvalue weighted by molar-refractivity contribution is 0.493. The number of allylic oxidation sites excluding steroid dienone is 2. The summed E-state index contributed by atoms with van der Waals surface area (Å²) in [5, 5.41) is 6.81. The summed E-state index contributed by atoms with van der Waals surface area (Å²) >= 11 is 0. The molecule has 2 nitrogen and oxygen atoms in total. The fourth-order valence-electron chi connectivity index (χ4n) is 1.75. The highest BCUT2D eigenvalue weighted by atomic mass is 14.9. The Morgan fingerprint density at radius 2 is 1.58 bits per heavy atom. The molecule has 110 valence electrons. The summed E-state index contributed by atoms with van der Waals surface area (Å²) < 4.78 is 0. The van der Waals surface area contributed by atoms with Gasteiger partial charge in [0.25, 0.3) is 0 Å². The molecule has 0 aliphatic carbocycles. The van der Waals surface area contributed by atoms with Crippen molar-refractivity contribution < 1.29 is 0 Å². The molecule has 0 aromatic heterocycles. The van der Waals surface area contributed by atoms with E-state index in [2.05, 4.69) is 58.1 Å². The van der Waals surface area contributed by atoms with Gasteiger partial charge in [0.05, 0.1) is 0 Å². The molecular formula is C17H32N2. The van der Waals surface area contributed by atoms with Gasteiger partial charge in [-0.2, -0.15) is 0 Å². The van der Waals surface area contributed by atoms with Crippen LogP contribution in [-0.2, 0) is 0 Å². The van der Waals surface area contributed by atoms with Gasteiger partial charge in [0.15, 0.2) is 0 Å². The lowest BCUT2D eigenvalue weighted by Gasteiger charge is -2.27. The standard InChI is InChI=1S/C17H32N2/c1-12(2)15(7)17(19-16(8)13(3)4)10-9-11-18-14(5)6/h12-13,17-19H,5,7-11H2,1-4,6H3. The van der Waals surface area contributed by atoms with E-state index in [4.69, 9.17) is 0 Å². The molecule has 0 radical (unpaired) electrons. The Labute approximate surface area is 120 Å². The van der Waals surface area contributed by atoms with Crippen molar-refractivity contribution in [3.8, 4) is 0 Å². The zero-order valence-corrected chi connectivity index (χ0v) is 13.5. The first-order valence-corrected chi connectivity index (χ1v) is 7.29. The zero-order valence-electron chi connectivity index (χ0n) is 13.5. The minimum atomic E-state index is 0.321. The van der Waals surface area contributed by atoms with Gasteiger partial charge in [0.1, 0.15) is 0 Å². The van der Waals surface area contributed by atoms with Gasteiger partial charge in [-0.3, -0.25) is 0 Å². The monoisotopic (exact) mass is 264 g/mol. The van der Waals surface area contributed by atoms with E-state index in [1.807, 2.05) is 6.92 Å². The molecule has 0 spiro atoms. The maximum Gasteiger partial charge on any atom is 0.0471 e. The van der Waals surface area contributed by atoms with E-state index in [-0.39, 0.29) is 0 Å². The van der Waals surface area contributed by atoms with Gasteiger partial charge in [0, 0.05) is 24.0 Å². The summed E-state index contributed by atoms with van der Waals surface area (Å²) in [6.45, 7) is 23.9. The fraction of sp³-hybridized carbons (Fsp3) is 0.647. The largest absolute Gasteiger partial charge is 0.389 e. The first-order valence-electron chi connectivity index (χ1n) is 7.29. The third kappa shape index (κ3) is 7.76. The van der Waals surface area contributed by atoms with Crippen molar-refractivity contribution in [3.05, 3.63) is 36.7 Å². The molecule has 0 saturated heterocycles. The van der Waals surface area contributed by atoms with Gasteiger partial charge in [-0.25, -0.2) is 0 Å². The predicted octanol–water partition coefficient (Wildman–Crippen LogP) is 4.23. The molecule has 19 heavy (non-hydrogen) atoms. The molecule has 0 aliphatic heterocycles. The molecule has 0 fully saturated rings. The Morgan fingerprint density at radius 3 is 2.00 bits per heavy atom. The zero-order chi connectivity index (χ0) is 15.0. The van der Waals surface area contributed by atoms with Crippen molar-refractivity contribution >= 4 is 0 Å². The Hall–Kier alpha value is -1.18. The van der Waals surface area contributed by atoms with Gasteiger partial charge in [-0.15, -0.1) is 0 Å². The molecule has 1 unspecified atom stereocenters. The van der Waals surface area contributed by atoms with Crippen LogP contribution in [-0.4, -0.2) is 12.6 Å². The molecule has 0 bridgehead atoms. The van der Waals surface area contributed by atoms with E-state index in [9.17, 15) is 0 Å². The molecule has 0 rings (SSSR count). The molecule has 0 aromatic carbocycles. The van der Waals surface area contributed by atoms with Gasteiger partial charge in [-0.1, -0.05) is 53.0 Å².